The van der Waals surface area contributed by atoms with E-state index in [1.807, 2.05) is 0 Å². The number of ketones is 1. The summed E-state index contributed by atoms with van der Waals surface area (Å²) in [6, 6.07) is 0. The third-order valence-electron chi connectivity index (χ3n) is 16.4. The number of allylic oxidation sites excluding steroid dienone is 2. The van der Waals surface area contributed by atoms with Crippen LogP contribution in [-0.2, 0) is 14.3 Å². The maximum Gasteiger partial charge on any atom is 0.407 e. The summed E-state index contributed by atoms with van der Waals surface area (Å²) in [5.41, 5.74) is 0.773. The molecular formula is C52H92N2O4. The van der Waals surface area contributed by atoms with E-state index in [2.05, 4.69) is 57.4 Å². The maximum absolute atomic E-state index is 12.8. The normalized spacial score (nSPS) is 29.7. The molecule has 0 aromatic carbocycles. The number of rotatable bonds is 29. The van der Waals surface area contributed by atoms with E-state index in [1.54, 1.807) is 0 Å². The van der Waals surface area contributed by atoms with Gasteiger partial charge < -0.3 is 15.4 Å². The Balaban J connectivity index is 1.06. The highest BCUT2D eigenvalue weighted by molar-refractivity contribution is 5.78. The van der Waals surface area contributed by atoms with Gasteiger partial charge in [-0.25, -0.2) is 4.79 Å². The molecular weight excluding hydrogens is 717 g/mol. The van der Waals surface area contributed by atoms with Gasteiger partial charge in [-0.2, -0.15) is 0 Å². The maximum atomic E-state index is 12.8. The first-order valence-electron chi connectivity index (χ1n) is 25.5. The van der Waals surface area contributed by atoms with Gasteiger partial charge in [-0.1, -0.05) is 111 Å². The van der Waals surface area contributed by atoms with Gasteiger partial charge in [0.05, 0.1) is 0 Å². The van der Waals surface area contributed by atoms with Gasteiger partial charge in [0.1, 0.15) is 11.9 Å². The van der Waals surface area contributed by atoms with Gasteiger partial charge in [-0.15, -0.1) is 0 Å². The molecule has 4 saturated carbocycles. The Hall–Kier alpha value is -1.85. The number of carbonyl (C=O) groups excluding carboxylic acids is 3. The lowest BCUT2D eigenvalue weighted by Gasteiger charge is -2.61. The largest absolute Gasteiger partial charge is 0.446 e. The number of ether oxygens (including phenoxy) is 1. The van der Waals surface area contributed by atoms with Crippen molar-refractivity contribution in [3.63, 3.8) is 0 Å². The van der Waals surface area contributed by atoms with Crippen LogP contribution in [0.1, 0.15) is 234 Å². The van der Waals surface area contributed by atoms with E-state index in [1.165, 1.54) is 128 Å². The Morgan fingerprint density at radius 1 is 0.638 bits per heavy atom. The molecule has 0 radical (unpaired) electrons. The average molecular weight is 809 g/mol. The highest BCUT2D eigenvalue weighted by Crippen LogP contribution is 2.68. The molecule has 4 aliphatic rings. The van der Waals surface area contributed by atoms with Crippen molar-refractivity contribution in [2.24, 2.45) is 46.3 Å². The third kappa shape index (κ3) is 15.3. The number of unbranched alkanes of at least 4 members (excludes halogenated alkanes) is 14. The number of amides is 2. The first-order chi connectivity index (χ1) is 28.1. The van der Waals surface area contributed by atoms with Gasteiger partial charge in [0, 0.05) is 32.4 Å². The van der Waals surface area contributed by atoms with Crippen molar-refractivity contribution in [3.05, 3.63) is 12.2 Å². The summed E-state index contributed by atoms with van der Waals surface area (Å²) in [4.78, 5) is 37.3. The Kier molecular flexibility index (Phi) is 22.3. The van der Waals surface area contributed by atoms with Crippen molar-refractivity contribution in [2.75, 3.05) is 13.1 Å². The van der Waals surface area contributed by atoms with Crippen molar-refractivity contribution in [1.82, 2.24) is 10.6 Å². The van der Waals surface area contributed by atoms with Gasteiger partial charge in [0.25, 0.3) is 0 Å². The molecule has 4 unspecified atom stereocenters. The first kappa shape index (κ1) is 48.8. The zero-order chi connectivity index (χ0) is 41.6. The number of hydrogen-bond acceptors (Lipinski definition) is 4. The van der Waals surface area contributed by atoms with Crippen molar-refractivity contribution in [2.45, 2.75) is 240 Å². The minimum absolute atomic E-state index is 0.0680. The Morgan fingerprint density at radius 3 is 1.97 bits per heavy atom. The van der Waals surface area contributed by atoms with Gasteiger partial charge in [0.2, 0.25) is 5.91 Å². The van der Waals surface area contributed by atoms with Crippen molar-refractivity contribution >= 4 is 17.8 Å². The molecule has 0 aliphatic heterocycles. The smallest absolute Gasteiger partial charge is 0.407 e. The van der Waals surface area contributed by atoms with Crippen LogP contribution in [0.5, 0.6) is 0 Å². The van der Waals surface area contributed by atoms with E-state index < -0.39 is 0 Å². The minimum Gasteiger partial charge on any atom is -0.446 e. The number of Topliss-reactive ketones (excluding diaryl/α,β-unsaturated/α-hetero) is 1. The molecule has 4 fully saturated rings. The van der Waals surface area contributed by atoms with Gasteiger partial charge in [-0.3, -0.25) is 9.59 Å². The van der Waals surface area contributed by atoms with Crippen LogP contribution in [0, 0.1) is 46.3 Å². The number of alkyl carbamates (subject to hydrolysis) is 1. The van der Waals surface area contributed by atoms with E-state index in [0.29, 0.717) is 47.7 Å². The lowest BCUT2D eigenvalue weighted by atomic mass is 9.44. The summed E-state index contributed by atoms with van der Waals surface area (Å²) in [7, 11) is 0. The molecule has 0 aromatic heterocycles. The zero-order valence-corrected chi connectivity index (χ0v) is 38.7. The summed E-state index contributed by atoms with van der Waals surface area (Å²) >= 11 is 0. The van der Waals surface area contributed by atoms with Crippen LogP contribution in [0.15, 0.2) is 12.2 Å². The molecule has 0 aromatic rings. The molecule has 6 heteroatoms. The Labute approximate surface area is 357 Å². The third-order valence-corrected chi connectivity index (χ3v) is 16.4. The van der Waals surface area contributed by atoms with E-state index in [0.717, 1.165) is 88.1 Å². The second kappa shape index (κ2) is 26.5. The second-order valence-corrected chi connectivity index (χ2v) is 20.5. The van der Waals surface area contributed by atoms with Gasteiger partial charge in [0.15, 0.2) is 0 Å². The first-order valence-corrected chi connectivity index (χ1v) is 25.5. The molecule has 6 nitrogen and oxygen atoms in total. The monoisotopic (exact) mass is 809 g/mol. The lowest BCUT2D eigenvalue weighted by Crippen LogP contribution is -2.54. The highest BCUT2D eigenvalue weighted by Gasteiger charge is 2.60. The minimum atomic E-state index is -0.195. The van der Waals surface area contributed by atoms with Crippen LogP contribution < -0.4 is 10.6 Å². The highest BCUT2D eigenvalue weighted by atomic mass is 16.6. The van der Waals surface area contributed by atoms with Crippen molar-refractivity contribution in [1.29, 1.82) is 0 Å². The number of nitrogens with one attached hydrogen (secondary N) is 2. The van der Waals surface area contributed by atoms with Crippen molar-refractivity contribution < 1.29 is 19.1 Å². The molecule has 2 amide bonds. The number of carbonyl (C=O) groups is 3. The fraction of sp³-hybridized carbons (Fsp3) is 0.904. The summed E-state index contributed by atoms with van der Waals surface area (Å²) in [6.07, 6.45) is 41.0. The van der Waals surface area contributed by atoms with E-state index in [4.69, 9.17) is 4.74 Å². The van der Waals surface area contributed by atoms with E-state index in [-0.39, 0.29) is 18.1 Å². The van der Waals surface area contributed by atoms with E-state index in [9.17, 15) is 14.4 Å². The molecule has 0 bridgehead atoms. The predicted molar refractivity (Wildman–Crippen MR) is 243 cm³/mol. The molecule has 0 saturated heterocycles. The Bertz CT molecular complexity index is 1220. The number of hydrogen-bond donors (Lipinski definition) is 2. The topological polar surface area (TPSA) is 84.5 Å². The van der Waals surface area contributed by atoms with Crippen LogP contribution in [-0.4, -0.2) is 37.0 Å². The summed E-state index contributed by atoms with van der Waals surface area (Å²) < 4.78 is 6.07. The molecule has 0 heterocycles. The molecule has 0 spiro atoms. The van der Waals surface area contributed by atoms with Crippen LogP contribution in [0.4, 0.5) is 4.79 Å². The molecule has 2 N–H and O–H groups in total. The fourth-order valence-corrected chi connectivity index (χ4v) is 13.0. The standard InChI is InChI=1S/C52H92N2O4/c1-6-8-9-10-11-12-13-14-15-16-17-18-19-20-21-24-39-54-50(57)58-44-34-36-51(4)42(40-44)29-30-45-47-32-31-46(52(47,5)37-35-48(45)51)41(3)28-33-49(56)53-38-25-22-23-27-43(55)26-7-2/h14-15,41-42,44-48H,6-13,16-40H2,1-5H3,(H,53,56)(H,54,57)/b15-14-/t41-,42?,44-,45?,46-,47?,48?,51+,52-/m1/s1. The molecule has 4 rings (SSSR count). The lowest BCUT2D eigenvalue weighted by molar-refractivity contribution is -0.130. The van der Waals surface area contributed by atoms with E-state index >= 15 is 0 Å². The predicted octanol–water partition coefficient (Wildman–Crippen LogP) is 14.2. The second-order valence-electron chi connectivity index (χ2n) is 20.5. The fourth-order valence-electron chi connectivity index (χ4n) is 13.0. The summed E-state index contributed by atoms with van der Waals surface area (Å²) in [5.74, 6) is 4.99. The van der Waals surface area contributed by atoms with Crippen molar-refractivity contribution in [3.8, 4) is 0 Å². The van der Waals surface area contributed by atoms with Crippen LogP contribution in [0.2, 0.25) is 0 Å². The molecule has 58 heavy (non-hydrogen) atoms. The Morgan fingerprint density at radius 2 is 1.26 bits per heavy atom. The van der Waals surface area contributed by atoms with Gasteiger partial charge >= 0.3 is 6.09 Å². The summed E-state index contributed by atoms with van der Waals surface area (Å²) in [5, 5.41) is 6.25. The van der Waals surface area contributed by atoms with Gasteiger partial charge in [-0.05, 0) is 162 Å². The van der Waals surface area contributed by atoms with Crippen LogP contribution >= 0.6 is 0 Å². The molecule has 9 atom stereocenters. The van der Waals surface area contributed by atoms with Crippen LogP contribution in [0.3, 0.4) is 0 Å². The zero-order valence-electron chi connectivity index (χ0n) is 38.7. The molecule has 4 aliphatic carbocycles. The van der Waals surface area contributed by atoms with Crippen LogP contribution in [0.25, 0.3) is 0 Å². The quantitative estimate of drug-likeness (QED) is 0.0582. The SMILES string of the molecule is CCCCCCCC/C=C\CCCCCCCCNC(=O)O[C@@H]1CC[C@@]2(C)C(CCC3C2CC[C@@]2(C)C3CC[C@@H]2[C@H](C)CCC(=O)NCCCCCC(=O)CCC)C1. The number of fused-ring (bicyclic) bond motifs is 5. The average Bonchev–Trinajstić information content (AvgIpc) is 3.57. The molecule has 334 valence electrons. The summed E-state index contributed by atoms with van der Waals surface area (Å²) in [6.45, 7) is 13.5.